The van der Waals surface area contributed by atoms with Crippen LogP contribution in [0.4, 0.5) is 5.69 Å². The highest BCUT2D eigenvalue weighted by Gasteiger charge is 2.06. The minimum Gasteiger partial charge on any atom is -0.398 e. The number of aliphatic hydroxyl groups is 1. The summed E-state index contributed by atoms with van der Waals surface area (Å²) in [6, 6.07) is 14.0. The maximum atomic E-state index is 9.01. The fourth-order valence-corrected chi connectivity index (χ4v) is 2.00. The molecular formula is C16H17NO. The largest absolute Gasteiger partial charge is 0.398 e. The molecule has 0 aromatic heterocycles. The molecule has 0 radical (unpaired) electrons. The first-order valence-corrected chi connectivity index (χ1v) is 5.97. The van der Waals surface area contributed by atoms with E-state index in [0.717, 1.165) is 27.9 Å². The Balaban J connectivity index is 2.43. The molecule has 0 saturated carbocycles. The summed E-state index contributed by atoms with van der Waals surface area (Å²) in [5, 5.41) is 9.01. The Kier molecular flexibility index (Phi) is 3.80. The molecule has 0 bridgehead atoms. The second-order valence-electron chi connectivity index (χ2n) is 4.18. The zero-order valence-corrected chi connectivity index (χ0v) is 10.3. The first kappa shape index (κ1) is 12.4. The van der Waals surface area contributed by atoms with Crippen molar-refractivity contribution in [2.24, 2.45) is 0 Å². The number of aliphatic hydroxyl groups excluding tert-OH is 1. The second-order valence-corrected chi connectivity index (χ2v) is 4.18. The SMILES string of the molecule is C=Cc1ccc(-c2cccc(CCO)c2N)cc1. The van der Waals surface area contributed by atoms with Crippen LogP contribution in [0.3, 0.4) is 0 Å². The van der Waals surface area contributed by atoms with Crippen LogP contribution in [0.25, 0.3) is 17.2 Å². The number of hydrogen-bond donors (Lipinski definition) is 2. The van der Waals surface area contributed by atoms with E-state index in [-0.39, 0.29) is 6.61 Å². The van der Waals surface area contributed by atoms with Crippen LogP contribution in [0, 0.1) is 0 Å². The van der Waals surface area contributed by atoms with Crippen molar-refractivity contribution in [3.8, 4) is 11.1 Å². The maximum Gasteiger partial charge on any atom is 0.0472 e. The zero-order valence-electron chi connectivity index (χ0n) is 10.3. The van der Waals surface area contributed by atoms with Crippen LogP contribution in [0.2, 0.25) is 0 Å². The van der Waals surface area contributed by atoms with Crippen LogP contribution in [0.15, 0.2) is 49.0 Å². The van der Waals surface area contributed by atoms with Crippen LogP contribution >= 0.6 is 0 Å². The molecule has 92 valence electrons. The number of nitrogens with two attached hydrogens (primary N) is 1. The molecule has 2 nitrogen and oxygen atoms in total. The molecular weight excluding hydrogens is 222 g/mol. The van der Waals surface area contributed by atoms with Gasteiger partial charge in [0.15, 0.2) is 0 Å². The molecule has 0 heterocycles. The highest BCUT2D eigenvalue weighted by atomic mass is 16.2. The number of para-hydroxylation sites is 1. The quantitative estimate of drug-likeness (QED) is 0.805. The van der Waals surface area contributed by atoms with E-state index in [9.17, 15) is 0 Å². The zero-order chi connectivity index (χ0) is 13.0. The molecule has 0 spiro atoms. The lowest BCUT2D eigenvalue weighted by Gasteiger charge is -2.10. The average Bonchev–Trinajstić information content (AvgIpc) is 2.42. The molecule has 0 aliphatic rings. The number of nitrogen functional groups attached to an aromatic ring is 1. The third-order valence-electron chi connectivity index (χ3n) is 3.03. The lowest BCUT2D eigenvalue weighted by Crippen LogP contribution is -1.99. The van der Waals surface area contributed by atoms with Gasteiger partial charge in [0.1, 0.15) is 0 Å². The topological polar surface area (TPSA) is 46.2 Å². The van der Waals surface area contributed by atoms with Crippen LogP contribution in [-0.2, 0) is 6.42 Å². The van der Waals surface area contributed by atoms with Gasteiger partial charge >= 0.3 is 0 Å². The Bertz CT molecular complexity index is 544. The highest BCUT2D eigenvalue weighted by molar-refractivity contribution is 5.79. The van der Waals surface area contributed by atoms with E-state index in [2.05, 4.69) is 6.58 Å². The summed E-state index contributed by atoms with van der Waals surface area (Å²) in [7, 11) is 0. The van der Waals surface area contributed by atoms with Gasteiger partial charge in [-0.2, -0.15) is 0 Å². The molecule has 0 aliphatic carbocycles. The predicted octanol–water partition coefficient (Wildman–Crippen LogP) is 3.11. The van der Waals surface area contributed by atoms with E-state index < -0.39 is 0 Å². The summed E-state index contributed by atoms with van der Waals surface area (Å²) >= 11 is 0. The maximum absolute atomic E-state index is 9.01. The van der Waals surface area contributed by atoms with Crippen LogP contribution in [-0.4, -0.2) is 11.7 Å². The van der Waals surface area contributed by atoms with Gasteiger partial charge in [-0.1, -0.05) is 55.1 Å². The summed E-state index contributed by atoms with van der Waals surface area (Å²) in [5.41, 5.74) is 11.1. The van der Waals surface area contributed by atoms with E-state index in [1.54, 1.807) is 0 Å². The van der Waals surface area contributed by atoms with Gasteiger partial charge in [-0.05, 0) is 23.1 Å². The van der Waals surface area contributed by atoms with Crippen molar-refractivity contribution in [3.63, 3.8) is 0 Å². The summed E-state index contributed by atoms with van der Waals surface area (Å²) in [6.07, 6.45) is 2.40. The number of benzene rings is 2. The average molecular weight is 239 g/mol. The minimum absolute atomic E-state index is 0.114. The van der Waals surface area contributed by atoms with Gasteiger partial charge in [-0.3, -0.25) is 0 Å². The van der Waals surface area contributed by atoms with Crippen molar-refractivity contribution in [3.05, 3.63) is 60.2 Å². The Morgan fingerprint density at radius 2 is 1.83 bits per heavy atom. The van der Waals surface area contributed by atoms with Crippen LogP contribution in [0.1, 0.15) is 11.1 Å². The number of rotatable bonds is 4. The Morgan fingerprint density at radius 3 is 2.44 bits per heavy atom. The first-order valence-electron chi connectivity index (χ1n) is 5.97. The standard InChI is InChI=1S/C16H17NO/c1-2-12-6-8-13(9-7-12)15-5-3-4-14(10-11-18)16(15)17/h2-9,18H,1,10-11,17H2. The smallest absolute Gasteiger partial charge is 0.0472 e. The summed E-state index contributed by atoms with van der Waals surface area (Å²) in [6.45, 7) is 3.85. The van der Waals surface area contributed by atoms with Crippen LogP contribution in [0.5, 0.6) is 0 Å². The van der Waals surface area contributed by atoms with Gasteiger partial charge < -0.3 is 10.8 Å². The van der Waals surface area contributed by atoms with Gasteiger partial charge in [0.25, 0.3) is 0 Å². The molecule has 2 aromatic carbocycles. The molecule has 2 aromatic rings. The van der Waals surface area contributed by atoms with Crippen LogP contribution < -0.4 is 5.73 Å². The predicted molar refractivity (Wildman–Crippen MR) is 77.2 cm³/mol. The van der Waals surface area contributed by atoms with Gasteiger partial charge in [0, 0.05) is 17.9 Å². The lowest BCUT2D eigenvalue weighted by atomic mass is 9.98. The van der Waals surface area contributed by atoms with E-state index in [0.29, 0.717) is 6.42 Å². The highest BCUT2D eigenvalue weighted by Crippen LogP contribution is 2.29. The molecule has 0 amide bonds. The van der Waals surface area contributed by atoms with E-state index in [1.165, 1.54) is 0 Å². The van der Waals surface area contributed by atoms with E-state index >= 15 is 0 Å². The van der Waals surface area contributed by atoms with Crippen molar-refractivity contribution in [1.29, 1.82) is 0 Å². The van der Waals surface area contributed by atoms with Gasteiger partial charge in [-0.25, -0.2) is 0 Å². The van der Waals surface area contributed by atoms with E-state index in [4.69, 9.17) is 10.8 Å². The third kappa shape index (κ3) is 2.44. The van der Waals surface area contributed by atoms with Crippen molar-refractivity contribution in [2.45, 2.75) is 6.42 Å². The molecule has 0 saturated heterocycles. The normalized spacial score (nSPS) is 10.3. The molecule has 2 heteroatoms. The van der Waals surface area contributed by atoms with Crippen molar-refractivity contribution in [2.75, 3.05) is 12.3 Å². The first-order chi connectivity index (χ1) is 8.76. The second kappa shape index (κ2) is 5.52. The Morgan fingerprint density at radius 1 is 1.11 bits per heavy atom. The lowest BCUT2D eigenvalue weighted by molar-refractivity contribution is 0.300. The Hall–Kier alpha value is -2.06. The molecule has 0 aliphatic heterocycles. The van der Waals surface area contributed by atoms with Gasteiger partial charge in [0.05, 0.1) is 0 Å². The Labute approximate surface area is 107 Å². The molecule has 0 unspecified atom stereocenters. The fourth-order valence-electron chi connectivity index (χ4n) is 2.00. The minimum atomic E-state index is 0.114. The summed E-state index contributed by atoms with van der Waals surface area (Å²) in [5.74, 6) is 0. The molecule has 18 heavy (non-hydrogen) atoms. The third-order valence-corrected chi connectivity index (χ3v) is 3.03. The fraction of sp³-hybridized carbons (Fsp3) is 0.125. The summed E-state index contributed by atoms with van der Waals surface area (Å²) < 4.78 is 0. The monoisotopic (exact) mass is 239 g/mol. The van der Waals surface area contributed by atoms with Crippen molar-refractivity contribution >= 4 is 11.8 Å². The summed E-state index contributed by atoms with van der Waals surface area (Å²) in [4.78, 5) is 0. The van der Waals surface area contributed by atoms with Gasteiger partial charge in [0.2, 0.25) is 0 Å². The number of anilines is 1. The molecule has 3 N–H and O–H groups in total. The molecule has 0 fully saturated rings. The van der Waals surface area contributed by atoms with Gasteiger partial charge in [-0.15, -0.1) is 0 Å². The molecule has 2 rings (SSSR count). The van der Waals surface area contributed by atoms with Crippen molar-refractivity contribution < 1.29 is 5.11 Å². The number of hydrogen-bond acceptors (Lipinski definition) is 2. The van der Waals surface area contributed by atoms with Crippen molar-refractivity contribution in [1.82, 2.24) is 0 Å². The molecule has 0 atom stereocenters. The van der Waals surface area contributed by atoms with E-state index in [1.807, 2.05) is 48.5 Å².